The van der Waals surface area contributed by atoms with Crippen molar-refractivity contribution >= 4 is 22.5 Å². The van der Waals surface area contributed by atoms with Gasteiger partial charge in [0.2, 0.25) is 11.8 Å². The van der Waals surface area contributed by atoms with Crippen LogP contribution in [0.4, 0.5) is 23.5 Å². The number of nitrogens with one attached hydrogen (secondary N) is 1. The largest absolute Gasteiger partial charge is 0.479 e. The van der Waals surface area contributed by atoms with E-state index in [4.69, 9.17) is 10.8 Å². The number of halogens is 4. The average Bonchev–Trinajstić information content (AvgIpc) is 3.45. The van der Waals surface area contributed by atoms with Crippen molar-refractivity contribution in [1.82, 2.24) is 34.5 Å². The molecule has 0 aliphatic carbocycles. The Morgan fingerprint density at radius 1 is 1.33 bits per heavy atom. The summed E-state index contributed by atoms with van der Waals surface area (Å²) >= 11 is 0. The van der Waals surface area contributed by atoms with E-state index in [1.807, 2.05) is 0 Å². The van der Waals surface area contributed by atoms with Crippen LogP contribution in [0.25, 0.3) is 27.7 Å². The van der Waals surface area contributed by atoms with E-state index in [1.165, 1.54) is 11.8 Å². The number of ether oxygens (including phenoxy) is 2. The Morgan fingerprint density at radius 2 is 2.17 bits per heavy atom. The second-order valence-corrected chi connectivity index (χ2v) is 8.79. The standard InChI is InChI=1S/C22H22F4N8O2/c1-35-20-19-18(12-2-3-15-16(6-12)33(5-4-23)31-29-15)14(24)7-34(19)30-21(28-20)27-17-8-32(11-22(17,25)26)13-9-36-10-13/h2-3,6-7,13,17H,4-5,8-11H2,1H3,(H,27,30)/t17-/m1/s1/i7D. The summed E-state index contributed by atoms with van der Waals surface area (Å²) in [6.45, 7) is -0.259. The van der Waals surface area contributed by atoms with Crippen LogP contribution in [-0.2, 0) is 11.3 Å². The number of likely N-dealkylation sites (tertiary alicyclic amines) is 1. The number of alkyl halides is 3. The summed E-state index contributed by atoms with van der Waals surface area (Å²) < 4.78 is 79.0. The molecule has 6 rings (SSSR count). The normalized spacial score (nSPS) is 20.7. The van der Waals surface area contributed by atoms with Crippen molar-refractivity contribution in [2.24, 2.45) is 0 Å². The van der Waals surface area contributed by atoms with Gasteiger partial charge in [-0.2, -0.15) is 4.98 Å². The Hall–Kier alpha value is -3.52. The molecular formula is C22H22F4N8O2. The molecule has 10 nitrogen and oxygen atoms in total. The highest BCUT2D eigenvalue weighted by atomic mass is 19.3. The first-order valence-corrected chi connectivity index (χ1v) is 11.3. The Labute approximate surface area is 203 Å². The third-order valence-electron chi connectivity index (χ3n) is 6.55. The van der Waals surface area contributed by atoms with Crippen molar-refractivity contribution in [1.29, 1.82) is 0 Å². The smallest absolute Gasteiger partial charge is 0.281 e. The van der Waals surface area contributed by atoms with Crippen LogP contribution in [0.15, 0.2) is 24.4 Å². The van der Waals surface area contributed by atoms with Gasteiger partial charge in [0.1, 0.15) is 23.7 Å². The highest BCUT2D eigenvalue weighted by Gasteiger charge is 2.51. The SMILES string of the molecule is [2H]c1c(F)c(-c2ccc3nnn(CCF)c3c2)c2c(OC)nc(N[C@@H]3CN(C4COC4)CC3(F)F)nn12. The summed E-state index contributed by atoms with van der Waals surface area (Å²) in [4.78, 5) is 5.87. The fourth-order valence-electron chi connectivity index (χ4n) is 4.62. The lowest BCUT2D eigenvalue weighted by Crippen LogP contribution is -2.48. The molecule has 36 heavy (non-hydrogen) atoms. The van der Waals surface area contributed by atoms with E-state index in [1.54, 1.807) is 23.1 Å². The third-order valence-corrected chi connectivity index (χ3v) is 6.55. The van der Waals surface area contributed by atoms with E-state index in [0.29, 0.717) is 29.8 Å². The highest BCUT2D eigenvalue weighted by molar-refractivity contribution is 5.89. The third kappa shape index (κ3) is 3.71. The molecule has 14 heteroatoms. The number of methoxy groups -OCH3 is 1. The van der Waals surface area contributed by atoms with E-state index >= 15 is 4.39 Å². The van der Waals surface area contributed by atoms with Gasteiger partial charge < -0.3 is 14.8 Å². The molecule has 5 heterocycles. The van der Waals surface area contributed by atoms with Crippen LogP contribution >= 0.6 is 0 Å². The van der Waals surface area contributed by atoms with Crippen molar-refractivity contribution in [2.45, 2.75) is 24.6 Å². The second-order valence-electron chi connectivity index (χ2n) is 8.79. The Kier molecular flexibility index (Phi) is 5.16. The fourth-order valence-corrected chi connectivity index (χ4v) is 4.62. The minimum Gasteiger partial charge on any atom is -0.479 e. The molecule has 2 aliphatic heterocycles. The first-order valence-electron chi connectivity index (χ1n) is 11.8. The first kappa shape index (κ1) is 21.7. The molecule has 1 N–H and O–H groups in total. The van der Waals surface area contributed by atoms with Gasteiger partial charge in [0.05, 0.1) is 58.1 Å². The van der Waals surface area contributed by atoms with E-state index in [2.05, 4.69) is 25.7 Å². The van der Waals surface area contributed by atoms with E-state index in [0.717, 1.165) is 4.52 Å². The summed E-state index contributed by atoms with van der Waals surface area (Å²) in [6, 6.07) is 3.40. The van der Waals surface area contributed by atoms with Crippen molar-refractivity contribution in [2.75, 3.05) is 45.4 Å². The van der Waals surface area contributed by atoms with Gasteiger partial charge in [0.25, 0.3) is 5.92 Å². The molecule has 190 valence electrons. The zero-order valence-electron chi connectivity index (χ0n) is 20.1. The molecule has 0 spiro atoms. The molecule has 0 bridgehead atoms. The molecule has 4 aromatic rings. The summed E-state index contributed by atoms with van der Waals surface area (Å²) in [7, 11) is 1.30. The van der Waals surface area contributed by atoms with Gasteiger partial charge in [0.15, 0.2) is 5.82 Å². The quantitative estimate of drug-likeness (QED) is 0.381. The molecule has 0 radical (unpaired) electrons. The number of hydrogen-bond acceptors (Lipinski definition) is 8. The monoisotopic (exact) mass is 507 g/mol. The van der Waals surface area contributed by atoms with Crippen LogP contribution in [0, 0.1) is 5.82 Å². The molecular weight excluding hydrogens is 484 g/mol. The van der Waals surface area contributed by atoms with E-state index < -0.39 is 37.2 Å². The summed E-state index contributed by atoms with van der Waals surface area (Å²) in [5.41, 5.74) is 1.33. The predicted octanol–water partition coefficient (Wildman–Crippen LogP) is 2.39. The van der Waals surface area contributed by atoms with Gasteiger partial charge in [-0.15, -0.1) is 10.2 Å². The molecule has 0 unspecified atom stereocenters. The van der Waals surface area contributed by atoms with Crippen LogP contribution in [0.5, 0.6) is 5.88 Å². The lowest BCUT2D eigenvalue weighted by Gasteiger charge is -2.34. The number of rotatable bonds is 7. The minimum atomic E-state index is -3.07. The molecule has 2 saturated heterocycles. The number of anilines is 1. The maximum atomic E-state index is 15.4. The van der Waals surface area contributed by atoms with Crippen molar-refractivity contribution in [3.63, 3.8) is 0 Å². The van der Waals surface area contributed by atoms with Crippen LogP contribution < -0.4 is 10.1 Å². The summed E-state index contributed by atoms with van der Waals surface area (Å²) in [5, 5.41) is 14.7. The van der Waals surface area contributed by atoms with Gasteiger partial charge in [0, 0.05) is 6.54 Å². The number of aromatic nitrogens is 6. The first-order chi connectivity index (χ1) is 17.8. The lowest BCUT2D eigenvalue weighted by molar-refractivity contribution is -0.0711. The molecule has 1 atom stereocenters. The molecule has 3 aromatic heterocycles. The van der Waals surface area contributed by atoms with Crippen LogP contribution in [0.2, 0.25) is 0 Å². The van der Waals surface area contributed by atoms with Crippen LogP contribution in [0.3, 0.4) is 0 Å². The lowest BCUT2D eigenvalue weighted by atomic mass is 10.1. The molecule has 0 amide bonds. The van der Waals surface area contributed by atoms with Crippen LogP contribution in [-0.4, -0.2) is 92.6 Å². The molecule has 2 fully saturated rings. The average molecular weight is 507 g/mol. The fraction of sp³-hybridized carbons (Fsp3) is 0.455. The van der Waals surface area contributed by atoms with Crippen LogP contribution in [0.1, 0.15) is 1.37 Å². The van der Waals surface area contributed by atoms with Gasteiger partial charge in [-0.05, 0) is 17.7 Å². The zero-order chi connectivity index (χ0) is 25.9. The van der Waals surface area contributed by atoms with Gasteiger partial charge >= 0.3 is 0 Å². The zero-order valence-corrected chi connectivity index (χ0v) is 19.1. The number of fused-ring (bicyclic) bond motifs is 2. The number of aryl methyl sites for hydroxylation is 1. The van der Waals surface area contributed by atoms with Gasteiger partial charge in [-0.25, -0.2) is 26.8 Å². The molecule has 1 aromatic carbocycles. The molecule has 0 saturated carbocycles. The Balaban J connectivity index is 1.40. The topological polar surface area (TPSA) is 94.6 Å². The van der Waals surface area contributed by atoms with E-state index in [-0.39, 0.29) is 42.0 Å². The van der Waals surface area contributed by atoms with Crippen molar-refractivity contribution < 1.29 is 28.4 Å². The Bertz CT molecular complexity index is 1490. The number of benzene rings is 1. The van der Waals surface area contributed by atoms with Crippen molar-refractivity contribution in [3.05, 3.63) is 30.2 Å². The maximum Gasteiger partial charge on any atom is 0.281 e. The molecule has 2 aliphatic rings. The minimum absolute atomic E-state index is 0.0225. The highest BCUT2D eigenvalue weighted by Crippen LogP contribution is 2.36. The van der Waals surface area contributed by atoms with Gasteiger partial charge in [-0.3, -0.25) is 4.90 Å². The predicted molar refractivity (Wildman–Crippen MR) is 121 cm³/mol. The number of hydrogen-bond donors (Lipinski definition) is 1. The number of nitrogens with zero attached hydrogens (tertiary/aromatic N) is 7. The second kappa shape index (κ2) is 8.55. The summed E-state index contributed by atoms with van der Waals surface area (Å²) in [6.07, 6.45) is -0.601. The Morgan fingerprint density at radius 3 is 2.89 bits per heavy atom. The van der Waals surface area contributed by atoms with Gasteiger partial charge in [-0.1, -0.05) is 11.3 Å². The maximum absolute atomic E-state index is 15.4. The summed E-state index contributed by atoms with van der Waals surface area (Å²) in [5.74, 6) is -4.30. The van der Waals surface area contributed by atoms with Crippen molar-refractivity contribution in [3.8, 4) is 17.0 Å². The van der Waals surface area contributed by atoms with E-state index in [9.17, 15) is 13.2 Å².